The van der Waals surface area contributed by atoms with Crippen LogP contribution in [0.5, 0.6) is 0 Å². The van der Waals surface area contributed by atoms with Crippen LogP contribution in [0.3, 0.4) is 0 Å². The lowest BCUT2D eigenvalue weighted by molar-refractivity contribution is -0.121. The molecule has 4 rings (SSSR count). The Morgan fingerprint density at radius 2 is 1.73 bits per heavy atom. The number of pyridine rings is 1. The molecule has 0 aliphatic carbocycles. The van der Waals surface area contributed by atoms with Gasteiger partial charge in [0.05, 0.1) is 35.3 Å². The summed E-state index contributed by atoms with van der Waals surface area (Å²) < 4.78 is 13.9. The third kappa shape index (κ3) is 9.37. The smallest absolute Gasteiger partial charge is 0.323 e. The van der Waals surface area contributed by atoms with Crippen LogP contribution >= 0.6 is 0 Å². The fourth-order valence-corrected chi connectivity index (χ4v) is 4.09. The molecular formula is C31H34FN7O5. The minimum absolute atomic E-state index is 0.0259. The lowest BCUT2D eigenvalue weighted by atomic mass is 10.2. The first-order valence-electron chi connectivity index (χ1n) is 13.9. The van der Waals surface area contributed by atoms with Crippen LogP contribution in [0.25, 0.3) is 11.4 Å². The Balaban J connectivity index is 1.26. The van der Waals surface area contributed by atoms with Gasteiger partial charge in [-0.05, 0) is 73.5 Å². The van der Waals surface area contributed by atoms with Gasteiger partial charge in [-0.2, -0.15) is 0 Å². The molecule has 1 atom stereocenters. The highest BCUT2D eigenvalue weighted by Gasteiger charge is 2.12. The van der Waals surface area contributed by atoms with Crippen molar-refractivity contribution < 1.29 is 29.0 Å². The van der Waals surface area contributed by atoms with Gasteiger partial charge in [0.2, 0.25) is 5.91 Å². The van der Waals surface area contributed by atoms with Crippen molar-refractivity contribution in [3.8, 4) is 11.4 Å². The first-order chi connectivity index (χ1) is 21.2. The molecule has 4 aromatic rings. The molecule has 0 bridgehead atoms. The number of halogens is 1. The minimum atomic E-state index is -0.998. The molecule has 12 nitrogen and oxygen atoms in total. The molecule has 2 heterocycles. The molecule has 13 heteroatoms. The number of nitrogens with zero attached hydrogens (tertiary/aromatic N) is 1. The van der Waals surface area contributed by atoms with E-state index in [1.54, 1.807) is 67.8 Å². The maximum atomic E-state index is 13.9. The number of amides is 4. The number of aliphatic hydroxyl groups is 2. The van der Waals surface area contributed by atoms with Gasteiger partial charge in [0.1, 0.15) is 5.82 Å². The summed E-state index contributed by atoms with van der Waals surface area (Å²) in [6.07, 6.45) is 2.79. The predicted molar refractivity (Wildman–Crippen MR) is 165 cm³/mol. The van der Waals surface area contributed by atoms with E-state index in [0.717, 1.165) is 16.9 Å². The van der Waals surface area contributed by atoms with Crippen molar-refractivity contribution in [3.05, 3.63) is 90.0 Å². The number of anilines is 4. The lowest BCUT2D eigenvalue weighted by Gasteiger charge is -2.11. The SMILES string of the molecule is Cc1ccc(F)c(NC(=O)Nc2ccc(Nc3ccnc(-c4cc(C(=O)NCCCC(=O)NCC(O)CO)c[nH]4)c3)cc2)c1. The third-order valence-corrected chi connectivity index (χ3v) is 6.39. The zero-order valence-corrected chi connectivity index (χ0v) is 24.0. The summed E-state index contributed by atoms with van der Waals surface area (Å²) in [6.45, 7) is 1.64. The van der Waals surface area contributed by atoms with Gasteiger partial charge in [-0.25, -0.2) is 9.18 Å². The van der Waals surface area contributed by atoms with E-state index in [1.165, 1.54) is 6.07 Å². The second-order valence-electron chi connectivity index (χ2n) is 10.00. The number of benzene rings is 2. The van der Waals surface area contributed by atoms with Crippen molar-refractivity contribution >= 4 is 40.6 Å². The molecule has 0 spiro atoms. The lowest BCUT2D eigenvalue weighted by Crippen LogP contribution is -2.34. The van der Waals surface area contributed by atoms with E-state index in [2.05, 4.69) is 36.6 Å². The van der Waals surface area contributed by atoms with Crippen LogP contribution in [0, 0.1) is 12.7 Å². The highest BCUT2D eigenvalue weighted by Crippen LogP contribution is 2.24. The topological polar surface area (TPSA) is 180 Å². The van der Waals surface area contributed by atoms with Crippen LogP contribution in [0.15, 0.2) is 73.1 Å². The van der Waals surface area contributed by atoms with Gasteiger partial charge in [0.25, 0.3) is 5.91 Å². The number of hydrogen-bond acceptors (Lipinski definition) is 7. The van der Waals surface area contributed by atoms with E-state index in [1.807, 2.05) is 6.07 Å². The molecule has 0 aliphatic rings. The molecule has 44 heavy (non-hydrogen) atoms. The highest BCUT2D eigenvalue weighted by atomic mass is 19.1. The zero-order valence-electron chi connectivity index (χ0n) is 24.0. The van der Waals surface area contributed by atoms with E-state index in [0.29, 0.717) is 29.1 Å². The Morgan fingerprint density at radius 1 is 0.955 bits per heavy atom. The molecule has 1 unspecified atom stereocenters. The minimum Gasteiger partial charge on any atom is -0.394 e. The first-order valence-corrected chi connectivity index (χ1v) is 13.9. The van der Waals surface area contributed by atoms with Gasteiger partial charge < -0.3 is 41.8 Å². The fraction of sp³-hybridized carbons (Fsp3) is 0.226. The van der Waals surface area contributed by atoms with E-state index in [4.69, 9.17) is 5.11 Å². The van der Waals surface area contributed by atoms with Gasteiger partial charge >= 0.3 is 6.03 Å². The van der Waals surface area contributed by atoms with Crippen LogP contribution in [0.4, 0.5) is 31.9 Å². The van der Waals surface area contributed by atoms with Crippen molar-refractivity contribution in [2.75, 3.05) is 35.6 Å². The number of H-pyrrole nitrogens is 1. The van der Waals surface area contributed by atoms with E-state index >= 15 is 0 Å². The molecule has 2 aromatic heterocycles. The second kappa shape index (κ2) is 15.3. The first kappa shape index (κ1) is 31.7. The molecule has 0 aliphatic heterocycles. The average molecular weight is 604 g/mol. The van der Waals surface area contributed by atoms with Crippen molar-refractivity contribution in [3.63, 3.8) is 0 Å². The number of carbonyl (C=O) groups excluding carboxylic acids is 3. The van der Waals surface area contributed by atoms with Gasteiger partial charge in [-0.1, -0.05) is 6.07 Å². The number of rotatable bonds is 13. The maximum Gasteiger partial charge on any atom is 0.323 e. The van der Waals surface area contributed by atoms with Crippen LogP contribution in [-0.4, -0.2) is 63.8 Å². The van der Waals surface area contributed by atoms with Crippen LogP contribution in [0.1, 0.15) is 28.8 Å². The molecule has 8 N–H and O–H groups in total. The summed E-state index contributed by atoms with van der Waals surface area (Å²) in [5.41, 5.74) is 4.59. The number of urea groups is 1. The molecular weight excluding hydrogens is 569 g/mol. The van der Waals surface area contributed by atoms with Crippen molar-refractivity contribution in [2.24, 2.45) is 0 Å². The van der Waals surface area contributed by atoms with Crippen molar-refractivity contribution in [1.29, 1.82) is 0 Å². The van der Waals surface area contributed by atoms with Gasteiger partial charge in [0.15, 0.2) is 0 Å². The monoisotopic (exact) mass is 603 g/mol. The Labute approximate surface area is 253 Å². The Morgan fingerprint density at radius 3 is 2.50 bits per heavy atom. The molecule has 4 amide bonds. The number of hydrogen-bond donors (Lipinski definition) is 8. The summed E-state index contributed by atoms with van der Waals surface area (Å²) in [7, 11) is 0. The third-order valence-electron chi connectivity index (χ3n) is 6.39. The van der Waals surface area contributed by atoms with Gasteiger partial charge in [-0.15, -0.1) is 0 Å². The summed E-state index contributed by atoms with van der Waals surface area (Å²) in [5.74, 6) is -1.10. The molecule has 2 aromatic carbocycles. The van der Waals surface area contributed by atoms with E-state index in [9.17, 15) is 23.9 Å². The van der Waals surface area contributed by atoms with E-state index in [-0.39, 0.29) is 37.0 Å². The zero-order chi connectivity index (χ0) is 31.5. The molecule has 0 radical (unpaired) electrons. The standard InChI is InChI=1S/C31H34FN7O5/c1-19-4-9-25(32)26(13-19)39-31(44)38-22-7-5-21(6-8-22)37-23-10-12-33-28(15-23)27-14-20(16-35-27)30(43)34-11-2-3-29(42)36-17-24(41)18-40/h4-10,12-16,24,35,40-41H,2-3,11,17-18H2,1H3,(H,33,37)(H,34,43)(H,36,42)(H2,38,39,44). The van der Waals surface area contributed by atoms with Crippen LogP contribution in [0.2, 0.25) is 0 Å². The summed E-state index contributed by atoms with van der Waals surface area (Å²) in [4.78, 5) is 44.0. The number of aromatic nitrogens is 2. The average Bonchev–Trinajstić information content (AvgIpc) is 3.52. The molecule has 0 fully saturated rings. The number of aryl methyl sites for hydroxylation is 1. The number of aromatic amines is 1. The largest absolute Gasteiger partial charge is 0.394 e. The molecule has 0 saturated heterocycles. The maximum absolute atomic E-state index is 13.9. The Kier molecular flexibility index (Phi) is 11.0. The van der Waals surface area contributed by atoms with Gasteiger partial charge in [0, 0.05) is 49.0 Å². The number of carbonyl (C=O) groups is 3. The summed E-state index contributed by atoms with van der Waals surface area (Å²) >= 11 is 0. The molecule has 0 saturated carbocycles. The molecule has 230 valence electrons. The summed E-state index contributed by atoms with van der Waals surface area (Å²) in [6, 6.07) is 16.2. The second-order valence-corrected chi connectivity index (χ2v) is 10.00. The predicted octanol–water partition coefficient (Wildman–Crippen LogP) is 3.89. The van der Waals surface area contributed by atoms with Crippen LogP contribution in [-0.2, 0) is 4.79 Å². The van der Waals surface area contributed by atoms with Crippen molar-refractivity contribution in [1.82, 2.24) is 20.6 Å². The highest BCUT2D eigenvalue weighted by molar-refractivity contribution is 6.00. The normalized spacial score (nSPS) is 11.4. The van der Waals surface area contributed by atoms with Crippen molar-refractivity contribution in [2.45, 2.75) is 25.9 Å². The Bertz CT molecular complexity index is 1590. The quantitative estimate of drug-likeness (QED) is 0.107. The van der Waals surface area contributed by atoms with Crippen LogP contribution < -0.4 is 26.6 Å². The number of nitrogens with one attached hydrogen (secondary N) is 6. The summed E-state index contributed by atoms with van der Waals surface area (Å²) in [5, 5.41) is 31.8. The Hall–Kier alpha value is -5.27. The fourth-order valence-electron chi connectivity index (χ4n) is 4.09. The van der Waals surface area contributed by atoms with E-state index < -0.39 is 24.6 Å². The van der Waals surface area contributed by atoms with Gasteiger partial charge in [-0.3, -0.25) is 14.6 Å². The number of aliphatic hydroxyl groups excluding tert-OH is 2.